The Kier molecular flexibility index (Phi) is 5.15. The van der Waals surface area contributed by atoms with Gasteiger partial charge in [-0.25, -0.2) is 4.98 Å². The van der Waals surface area contributed by atoms with E-state index >= 15 is 0 Å². The largest absolute Gasteiger partial charge is 0.508 e. The molecule has 25 heavy (non-hydrogen) atoms. The molecule has 0 saturated heterocycles. The molecular formula is C18H17N3O3S. The van der Waals surface area contributed by atoms with Crippen molar-refractivity contribution in [1.29, 1.82) is 0 Å². The summed E-state index contributed by atoms with van der Waals surface area (Å²) in [6, 6.07) is 12.4. The van der Waals surface area contributed by atoms with Gasteiger partial charge in [-0.15, -0.1) is 11.3 Å². The van der Waals surface area contributed by atoms with E-state index in [2.05, 4.69) is 15.5 Å². The van der Waals surface area contributed by atoms with Crippen molar-refractivity contribution in [2.75, 3.05) is 19.6 Å². The maximum atomic E-state index is 9.43. The van der Waals surface area contributed by atoms with E-state index in [4.69, 9.17) is 9.47 Å². The Morgan fingerprint density at radius 1 is 1.16 bits per heavy atom. The fourth-order valence-corrected chi connectivity index (χ4v) is 2.89. The van der Waals surface area contributed by atoms with E-state index in [1.165, 1.54) is 11.3 Å². The molecule has 1 heterocycles. The zero-order valence-electron chi connectivity index (χ0n) is 13.8. The first-order valence-corrected chi connectivity index (χ1v) is 8.33. The number of nitrogens with zero attached hydrogens (tertiary/aromatic N) is 2. The summed E-state index contributed by atoms with van der Waals surface area (Å²) in [4.78, 5) is 4.52. The quantitative estimate of drug-likeness (QED) is 0.517. The molecule has 128 valence electrons. The molecule has 3 rings (SSSR count). The van der Waals surface area contributed by atoms with Crippen molar-refractivity contribution in [3.8, 4) is 28.5 Å². The van der Waals surface area contributed by atoms with E-state index in [0.717, 1.165) is 22.6 Å². The van der Waals surface area contributed by atoms with E-state index in [1.54, 1.807) is 38.6 Å². The van der Waals surface area contributed by atoms with E-state index in [9.17, 15) is 5.11 Å². The zero-order valence-corrected chi connectivity index (χ0v) is 14.6. The van der Waals surface area contributed by atoms with Crippen LogP contribution in [0.3, 0.4) is 0 Å². The zero-order chi connectivity index (χ0) is 17.6. The summed E-state index contributed by atoms with van der Waals surface area (Å²) in [6.45, 7) is 0. The lowest BCUT2D eigenvalue weighted by Crippen LogP contribution is -1.92. The number of aromatic hydroxyl groups is 1. The molecule has 6 nitrogen and oxygen atoms in total. The lowest BCUT2D eigenvalue weighted by molar-refractivity contribution is 0.395. The van der Waals surface area contributed by atoms with Crippen LogP contribution in [0.1, 0.15) is 5.56 Å². The lowest BCUT2D eigenvalue weighted by atomic mass is 10.1. The monoisotopic (exact) mass is 355 g/mol. The molecule has 0 spiro atoms. The van der Waals surface area contributed by atoms with Gasteiger partial charge in [0.2, 0.25) is 5.13 Å². The van der Waals surface area contributed by atoms with Gasteiger partial charge in [-0.1, -0.05) is 12.1 Å². The lowest BCUT2D eigenvalue weighted by Gasteiger charge is -2.08. The molecule has 0 saturated carbocycles. The van der Waals surface area contributed by atoms with Gasteiger partial charge in [0.05, 0.1) is 26.1 Å². The molecule has 2 N–H and O–H groups in total. The third kappa shape index (κ3) is 4.07. The van der Waals surface area contributed by atoms with E-state index in [0.29, 0.717) is 10.9 Å². The molecule has 0 aliphatic rings. The Morgan fingerprint density at radius 2 is 2.04 bits per heavy atom. The third-order valence-electron chi connectivity index (χ3n) is 3.43. The van der Waals surface area contributed by atoms with Crippen LogP contribution in [0.15, 0.2) is 52.9 Å². The normalized spacial score (nSPS) is 10.8. The summed E-state index contributed by atoms with van der Waals surface area (Å²) in [6.07, 6.45) is 1.62. The van der Waals surface area contributed by atoms with Crippen molar-refractivity contribution in [2.24, 2.45) is 5.10 Å². The van der Waals surface area contributed by atoms with Crippen LogP contribution in [0.25, 0.3) is 11.3 Å². The minimum Gasteiger partial charge on any atom is -0.508 e. The first kappa shape index (κ1) is 16.8. The van der Waals surface area contributed by atoms with Crippen LogP contribution in [-0.2, 0) is 0 Å². The van der Waals surface area contributed by atoms with Gasteiger partial charge in [-0.2, -0.15) is 5.10 Å². The van der Waals surface area contributed by atoms with Crippen LogP contribution >= 0.6 is 11.3 Å². The van der Waals surface area contributed by atoms with Crippen LogP contribution in [0.5, 0.6) is 17.2 Å². The first-order valence-electron chi connectivity index (χ1n) is 7.45. The molecule has 0 atom stereocenters. The Hall–Kier alpha value is -3.06. The Balaban J connectivity index is 1.74. The predicted molar refractivity (Wildman–Crippen MR) is 100.0 cm³/mol. The van der Waals surface area contributed by atoms with Gasteiger partial charge in [0.25, 0.3) is 0 Å². The standard InChI is InChI=1S/C18H17N3O3S/c1-23-14-6-7-15(17(9-14)24-2)16-11-25-18(20-16)21-19-10-12-4-3-5-13(22)8-12/h3-11,22H,1-2H3,(H,20,21)/b19-10-. The smallest absolute Gasteiger partial charge is 0.203 e. The molecule has 2 aromatic carbocycles. The van der Waals surface area contributed by atoms with Crippen LogP contribution in [0.2, 0.25) is 0 Å². The summed E-state index contributed by atoms with van der Waals surface area (Å²) in [7, 11) is 3.23. The number of phenols is 1. The second kappa shape index (κ2) is 7.67. The number of hydrogen-bond donors (Lipinski definition) is 2. The van der Waals surface area contributed by atoms with E-state index < -0.39 is 0 Å². The summed E-state index contributed by atoms with van der Waals surface area (Å²) in [5, 5.41) is 16.2. The number of benzene rings is 2. The number of nitrogens with one attached hydrogen (secondary N) is 1. The molecule has 0 fully saturated rings. The van der Waals surface area contributed by atoms with Crippen molar-refractivity contribution >= 4 is 22.7 Å². The average molecular weight is 355 g/mol. The second-order valence-corrected chi connectivity index (χ2v) is 5.93. The predicted octanol–water partition coefficient (Wildman–Crippen LogP) is 3.98. The highest BCUT2D eigenvalue weighted by molar-refractivity contribution is 7.14. The summed E-state index contributed by atoms with van der Waals surface area (Å²) in [5.74, 6) is 1.62. The highest BCUT2D eigenvalue weighted by Gasteiger charge is 2.11. The number of thiazole rings is 1. The number of methoxy groups -OCH3 is 2. The molecular weight excluding hydrogens is 338 g/mol. The van der Waals surface area contributed by atoms with Gasteiger partial charge in [-0.05, 0) is 29.8 Å². The average Bonchev–Trinajstić information content (AvgIpc) is 3.10. The van der Waals surface area contributed by atoms with Crippen LogP contribution in [-0.4, -0.2) is 30.5 Å². The molecule has 0 bridgehead atoms. The van der Waals surface area contributed by atoms with Gasteiger partial charge in [0.15, 0.2) is 0 Å². The van der Waals surface area contributed by atoms with E-state index in [-0.39, 0.29) is 5.75 Å². The molecule has 0 unspecified atom stereocenters. The molecule has 0 radical (unpaired) electrons. The van der Waals surface area contributed by atoms with Gasteiger partial charge in [-0.3, -0.25) is 5.43 Å². The molecule has 1 aromatic heterocycles. The van der Waals surface area contributed by atoms with Crippen LogP contribution in [0, 0.1) is 0 Å². The number of anilines is 1. The first-order chi connectivity index (χ1) is 12.2. The maximum absolute atomic E-state index is 9.43. The number of phenolic OH excluding ortho intramolecular Hbond substituents is 1. The molecule has 0 amide bonds. The number of aromatic nitrogens is 1. The van der Waals surface area contributed by atoms with E-state index in [1.807, 2.05) is 29.6 Å². The van der Waals surface area contributed by atoms with Crippen molar-refractivity contribution < 1.29 is 14.6 Å². The second-order valence-electron chi connectivity index (χ2n) is 5.07. The van der Waals surface area contributed by atoms with Crippen molar-refractivity contribution in [3.05, 3.63) is 53.4 Å². The molecule has 0 aliphatic heterocycles. The molecule has 0 aliphatic carbocycles. The SMILES string of the molecule is COc1ccc(-c2csc(N/N=C\c3cccc(O)c3)n2)c(OC)c1. The van der Waals surface area contributed by atoms with Gasteiger partial charge < -0.3 is 14.6 Å². The third-order valence-corrected chi connectivity index (χ3v) is 4.18. The number of rotatable bonds is 6. The Bertz CT molecular complexity index is 893. The summed E-state index contributed by atoms with van der Waals surface area (Å²) < 4.78 is 10.6. The fourth-order valence-electron chi connectivity index (χ4n) is 2.23. The Labute approximate surface area is 149 Å². The van der Waals surface area contributed by atoms with Crippen molar-refractivity contribution in [2.45, 2.75) is 0 Å². The summed E-state index contributed by atoms with van der Waals surface area (Å²) in [5.41, 5.74) is 5.36. The van der Waals surface area contributed by atoms with Gasteiger partial charge in [0, 0.05) is 17.0 Å². The summed E-state index contributed by atoms with van der Waals surface area (Å²) >= 11 is 1.44. The highest BCUT2D eigenvalue weighted by Crippen LogP contribution is 2.34. The van der Waals surface area contributed by atoms with Crippen LogP contribution in [0.4, 0.5) is 5.13 Å². The highest BCUT2D eigenvalue weighted by atomic mass is 32.1. The minimum absolute atomic E-state index is 0.201. The van der Waals surface area contributed by atoms with Crippen molar-refractivity contribution in [3.63, 3.8) is 0 Å². The Morgan fingerprint density at radius 3 is 2.80 bits per heavy atom. The molecule has 7 heteroatoms. The van der Waals surface area contributed by atoms with Crippen molar-refractivity contribution in [1.82, 2.24) is 4.98 Å². The minimum atomic E-state index is 0.201. The fraction of sp³-hybridized carbons (Fsp3) is 0.111. The molecule has 3 aromatic rings. The van der Waals surface area contributed by atoms with Gasteiger partial charge >= 0.3 is 0 Å². The maximum Gasteiger partial charge on any atom is 0.203 e. The topological polar surface area (TPSA) is 76.0 Å². The number of hydrazone groups is 1. The number of ether oxygens (including phenoxy) is 2. The number of hydrogen-bond acceptors (Lipinski definition) is 7. The van der Waals surface area contributed by atoms with Gasteiger partial charge in [0.1, 0.15) is 17.2 Å². The van der Waals surface area contributed by atoms with Crippen LogP contribution < -0.4 is 14.9 Å².